The van der Waals surface area contributed by atoms with E-state index in [1.165, 1.54) is 24.0 Å². The fourth-order valence-electron chi connectivity index (χ4n) is 2.61. The highest BCUT2D eigenvalue weighted by Crippen LogP contribution is 2.19. The van der Waals surface area contributed by atoms with Crippen molar-refractivity contribution in [1.82, 2.24) is 0 Å². The molecule has 3 aromatic rings. The summed E-state index contributed by atoms with van der Waals surface area (Å²) in [6.07, 6.45) is -0.962. The lowest BCUT2D eigenvalue weighted by molar-refractivity contribution is -0.155. The molecule has 7 heteroatoms. The standard InChI is InChI=1S/C21H19NO6/c1-14(21(25)22(2)16-6-4-3-5-7-16)27-20(24)13-26-17-10-8-15-9-11-19(23)28-18(15)12-17/h3-12,14H,13H2,1-2H3. The van der Waals surface area contributed by atoms with Gasteiger partial charge in [0.2, 0.25) is 0 Å². The molecular weight excluding hydrogens is 362 g/mol. The Kier molecular flexibility index (Phi) is 5.74. The van der Waals surface area contributed by atoms with Crippen molar-refractivity contribution in [2.24, 2.45) is 0 Å². The Balaban J connectivity index is 1.56. The molecule has 2 aromatic carbocycles. The minimum atomic E-state index is -0.962. The van der Waals surface area contributed by atoms with Crippen LogP contribution in [0.2, 0.25) is 0 Å². The van der Waals surface area contributed by atoms with Gasteiger partial charge < -0.3 is 18.8 Å². The Bertz CT molecular complexity index is 1040. The fourth-order valence-corrected chi connectivity index (χ4v) is 2.61. The van der Waals surface area contributed by atoms with Gasteiger partial charge in [0.15, 0.2) is 12.7 Å². The van der Waals surface area contributed by atoms with E-state index >= 15 is 0 Å². The molecule has 0 fully saturated rings. The van der Waals surface area contributed by atoms with Crippen LogP contribution in [0.1, 0.15) is 6.92 Å². The van der Waals surface area contributed by atoms with Crippen molar-refractivity contribution in [3.05, 3.63) is 71.1 Å². The molecular formula is C21H19NO6. The second-order valence-corrected chi connectivity index (χ2v) is 6.11. The molecule has 0 bridgehead atoms. The van der Waals surface area contributed by atoms with Gasteiger partial charge in [-0.15, -0.1) is 0 Å². The molecule has 0 radical (unpaired) electrons. The van der Waals surface area contributed by atoms with Gasteiger partial charge >= 0.3 is 11.6 Å². The van der Waals surface area contributed by atoms with Gasteiger partial charge in [-0.2, -0.15) is 0 Å². The van der Waals surface area contributed by atoms with Crippen molar-refractivity contribution in [3.63, 3.8) is 0 Å². The second kappa shape index (κ2) is 8.39. The molecule has 0 aliphatic carbocycles. The number of hydrogen-bond donors (Lipinski definition) is 0. The van der Waals surface area contributed by atoms with Gasteiger partial charge in [0.05, 0.1) is 0 Å². The zero-order valence-corrected chi connectivity index (χ0v) is 15.5. The van der Waals surface area contributed by atoms with E-state index < -0.39 is 17.7 Å². The lowest BCUT2D eigenvalue weighted by Crippen LogP contribution is -2.38. The second-order valence-electron chi connectivity index (χ2n) is 6.11. The molecule has 0 saturated heterocycles. The number of para-hydroxylation sites is 1. The normalized spacial score (nSPS) is 11.6. The first-order valence-electron chi connectivity index (χ1n) is 8.63. The van der Waals surface area contributed by atoms with E-state index in [9.17, 15) is 14.4 Å². The molecule has 1 amide bonds. The number of carbonyl (C=O) groups is 2. The smallest absolute Gasteiger partial charge is 0.344 e. The minimum Gasteiger partial charge on any atom is -0.482 e. The molecule has 1 unspecified atom stereocenters. The van der Waals surface area contributed by atoms with Crippen LogP contribution in [0.3, 0.4) is 0 Å². The summed E-state index contributed by atoms with van der Waals surface area (Å²) in [6, 6.07) is 16.9. The van der Waals surface area contributed by atoms with Gasteiger partial charge in [0.1, 0.15) is 11.3 Å². The Hall–Kier alpha value is -3.61. The molecule has 3 rings (SSSR count). The molecule has 28 heavy (non-hydrogen) atoms. The van der Waals surface area contributed by atoms with E-state index in [1.807, 2.05) is 18.2 Å². The first kappa shape index (κ1) is 19.2. The van der Waals surface area contributed by atoms with E-state index in [-0.39, 0.29) is 12.5 Å². The van der Waals surface area contributed by atoms with Gasteiger partial charge in [-0.05, 0) is 37.3 Å². The third-order valence-electron chi connectivity index (χ3n) is 4.08. The third-order valence-corrected chi connectivity index (χ3v) is 4.08. The van der Waals surface area contributed by atoms with Gasteiger partial charge in [-0.25, -0.2) is 9.59 Å². The molecule has 1 atom stereocenters. The summed E-state index contributed by atoms with van der Waals surface area (Å²) in [5, 5.41) is 0.734. The van der Waals surface area contributed by atoms with Crippen LogP contribution in [0.4, 0.5) is 5.69 Å². The summed E-state index contributed by atoms with van der Waals surface area (Å²) in [5.41, 5.74) is 0.578. The number of esters is 1. The van der Waals surface area contributed by atoms with Crippen LogP contribution in [0.5, 0.6) is 5.75 Å². The zero-order chi connectivity index (χ0) is 20.1. The Morgan fingerprint density at radius 2 is 1.79 bits per heavy atom. The first-order chi connectivity index (χ1) is 13.4. The third kappa shape index (κ3) is 4.56. The van der Waals surface area contributed by atoms with Crippen LogP contribution >= 0.6 is 0 Å². The largest absolute Gasteiger partial charge is 0.482 e. The summed E-state index contributed by atoms with van der Waals surface area (Å²) in [7, 11) is 1.61. The number of hydrogen-bond acceptors (Lipinski definition) is 6. The lowest BCUT2D eigenvalue weighted by atomic mass is 10.2. The number of fused-ring (bicyclic) bond motifs is 1. The van der Waals surface area contributed by atoms with Crippen LogP contribution in [-0.2, 0) is 14.3 Å². The fraction of sp³-hybridized carbons (Fsp3) is 0.190. The average Bonchev–Trinajstić information content (AvgIpc) is 2.71. The summed E-state index contributed by atoms with van der Waals surface area (Å²) in [6.45, 7) is 1.12. The van der Waals surface area contributed by atoms with Crippen LogP contribution in [-0.4, -0.2) is 31.6 Å². The summed E-state index contributed by atoms with van der Waals surface area (Å²) in [4.78, 5) is 37.1. The van der Waals surface area contributed by atoms with Crippen LogP contribution < -0.4 is 15.3 Å². The summed E-state index contributed by atoms with van der Waals surface area (Å²) in [5.74, 6) is -0.692. The SMILES string of the molecule is CC(OC(=O)COc1ccc2ccc(=O)oc2c1)C(=O)N(C)c1ccccc1. The predicted octanol–water partition coefficient (Wildman–Crippen LogP) is 2.77. The molecule has 0 spiro atoms. The van der Waals surface area contributed by atoms with Gasteiger partial charge in [-0.1, -0.05) is 18.2 Å². The highest BCUT2D eigenvalue weighted by atomic mass is 16.6. The molecule has 1 heterocycles. The van der Waals surface area contributed by atoms with Gasteiger partial charge in [0.25, 0.3) is 5.91 Å². The quantitative estimate of drug-likeness (QED) is 0.482. The Morgan fingerprint density at radius 1 is 1.07 bits per heavy atom. The zero-order valence-electron chi connectivity index (χ0n) is 15.5. The van der Waals surface area contributed by atoms with Crippen molar-refractivity contribution < 1.29 is 23.5 Å². The number of amides is 1. The van der Waals surface area contributed by atoms with E-state index in [0.29, 0.717) is 17.0 Å². The van der Waals surface area contributed by atoms with E-state index in [2.05, 4.69) is 0 Å². The lowest BCUT2D eigenvalue weighted by Gasteiger charge is -2.21. The molecule has 7 nitrogen and oxygen atoms in total. The van der Waals surface area contributed by atoms with Gasteiger partial charge in [0, 0.05) is 30.3 Å². The highest BCUT2D eigenvalue weighted by molar-refractivity contribution is 5.96. The van der Waals surface area contributed by atoms with Crippen molar-refractivity contribution >= 4 is 28.5 Å². The Morgan fingerprint density at radius 3 is 2.54 bits per heavy atom. The average molecular weight is 381 g/mol. The number of benzene rings is 2. The maximum atomic E-state index is 12.4. The minimum absolute atomic E-state index is 0.346. The maximum absolute atomic E-state index is 12.4. The molecule has 0 aliphatic rings. The maximum Gasteiger partial charge on any atom is 0.344 e. The van der Waals surface area contributed by atoms with Crippen LogP contribution in [0.15, 0.2) is 69.9 Å². The van der Waals surface area contributed by atoms with Gasteiger partial charge in [-0.3, -0.25) is 4.79 Å². The molecule has 144 valence electrons. The molecule has 0 aliphatic heterocycles. The van der Waals surface area contributed by atoms with Crippen molar-refractivity contribution in [2.75, 3.05) is 18.6 Å². The number of likely N-dealkylation sites (N-methyl/N-ethyl adjacent to an activating group) is 1. The summed E-state index contributed by atoms with van der Waals surface area (Å²) >= 11 is 0. The monoisotopic (exact) mass is 381 g/mol. The van der Waals surface area contributed by atoms with Crippen LogP contribution in [0, 0.1) is 0 Å². The number of ether oxygens (including phenoxy) is 2. The highest BCUT2D eigenvalue weighted by Gasteiger charge is 2.22. The van der Waals surface area contributed by atoms with Crippen molar-refractivity contribution in [3.8, 4) is 5.75 Å². The van der Waals surface area contributed by atoms with Crippen molar-refractivity contribution in [2.45, 2.75) is 13.0 Å². The van der Waals surface area contributed by atoms with E-state index in [4.69, 9.17) is 13.9 Å². The molecule has 0 N–H and O–H groups in total. The molecule has 1 aromatic heterocycles. The molecule has 0 saturated carbocycles. The number of rotatable bonds is 6. The van der Waals surface area contributed by atoms with Crippen LogP contribution in [0.25, 0.3) is 11.0 Å². The topological polar surface area (TPSA) is 86.0 Å². The summed E-state index contributed by atoms with van der Waals surface area (Å²) < 4.78 is 15.6. The predicted molar refractivity (Wildman–Crippen MR) is 103 cm³/mol. The Labute approximate surface area is 161 Å². The van der Waals surface area contributed by atoms with E-state index in [0.717, 1.165) is 5.39 Å². The number of nitrogens with zero attached hydrogens (tertiary/aromatic N) is 1. The van der Waals surface area contributed by atoms with Crippen molar-refractivity contribution in [1.29, 1.82) is 0 Å². The van der Waals surface area contributed by atoms with E-state index in [1.54, 1.807) is 37.4 Å². The first-order valence-corrected chi connectivity index (χ1v) is 8.63. The number of carbonyl (C=O) groups excluding carboxylic acids is 2. The number of anilines is 1.